The van der Waals surface area contributed by atoms with Crippen molar-refractivity contribution in [1.29, 1.82) is 0 Å². The number of hydrogen-bond donors (Lipinski definition) is 2. The summed E-state index contributed by atoms with van der Waals surface area (Å²) in [6.07, 6.45) is 2.45. The first-order valence-electron chi connectivity index (χ1n) is 6.75. The molecule has 3 amide bonds. The Labute approximate surface area is 117 Å². The number of hydrogen-bond acceptors (Lipinski definition) is 4. The van der Waals surface area contributed by atoms with Crippen LogP contribution >= 0.6 is 0 Å². The van der Waals surface area contributed by atoms with Crippen LogP contribution in [-0.2, 0) is 9.59 Å². The van der Waals surface area contributed by atoms with Gasteiger partial charge in [0.2, 0.25) is 5.91 Å². The molecule has 1 aliphatic carbocycles. The molecule has 1 aliphatic heterocycles. The lowest BCUT2D eigenvalue weighted by molar-refractivity contribution is -0.138. The summed E-state index contributed by atoms with van der Waals surface area (Å²) in [6.45, 7) is 1.84. The maximum Gasteiger partial charge on any atom is 0.323 e. The van der Waals surface area contributed by atoms with Crippen molar-refractivity contribution in [3.8, 4) is 0 Å². The number of urea groups is 1. The molecule has 8 heteroatoms. The fourth-order valence-corrected chi connectivity index (χ4v) is 2.46. The van der Waals surface area contributed by atoms with E-state index in [0.29, 0.717) is 19.1 Å². The van der Waals surface area contributed by atoms with Crippen molar-refractivity contribution in [1.82, 2.24) is 14.7 Å². The maximum absolute atomic E-state index is 12.2. The number of nitrogens with two attached hydrogens (primary N) is 1. The molecule has 3 N–H and O–H groups in total. The van der Waals surface area contributed by atoms with Crippen molar-refractivity contribution in [2.75, 3.05) is 39.3 Å². The van der Waals surface area contributed by atoms with Crippen LogP contribution in [0.25, 0.3) is 0 Å². The van der Waals surface area contributed by atoms with Crippen LogP contribution in [0.1, 0.15) is 12.8 Å². The van der Waals surface area contributed by atoms with Gasteiger partial charge in [-0.25, -0.2) is 4.79 Å². The van der Waals surface area contributed by atoms with Crippen LogP contribution < -0.4 is 5.73 Å². The number of piperazine rings is 1. The standard InChI is InChI=1S/C12H20N4O4/c13-10(17)7-16(8-11(18)19)12(20)15-5-3-14(4-6-15)9-1-2-9/h9H,1-8H2,(H2,13,17)(H,18,19). The fraction of sp³-hybridized carbons (Fsp3) is 0.750. The summed E-state index contributed by atoms with van der Waals surface area (Å²) in [5.41, 5.74) is 5.05. The maximum atomic E-state index is 12.2. The third-order valence-corrected chi connectivity index (χ3v) is 3.59. The van der Waals surface area contributed by atoms with Gasteiger partial charge in [0, 0.05) is 32.2 Å². The molecule has 1 heterocycles. The van der Waals surface area contributed by atoms with E-state index >= 15 is 0 Å². The molecule has 2 aliphatic rings. The highest BCUT2D eigenvalue weighted by molar-refractivity contribution is 5.86. The molecular weight excluding hydrogens is 264 g/mol. The Hall–Kier alpha value is -1.83. The Kier molecular flexibility index (Phi) is 4.43. The van der Waals surface area contributed by atoms with E-state index in [2.05, 4.69) is 4.90 Å². The smallest absolute Gasteiger partial charge is 0.323 e. The largest absolute Gasteiger partial charge is 0.480 e. The molecule has 2 rings (SSSR count). The van der Waals surface area contributed by atoms with Gasteiger partial charge in [-0.1, -0.05) is 0 Å². The third-order valence-electron chi connectivity index (χ3n) is 3.59. The molecule has 1 saturated carbocycles. The molecule has 20 heavy (non-hydrogen) atoms. The Bertz CT molecular complexity index is 386. The first-order valence-corrected chi connectivity index (χ1v) is 6.75. The molecule has 0 atom stereocenters. The molecule has 112 valence electrons. The molecule has 0 aromatic rings. The highest BCUT2D eigenvalue weighted by atomic mass is 16.4. The van der Waals surface area contributed by atoms with Gasteiger partial charge < -0.3 is 20.6 Å². The SMILES string of the molecule is NC(=O)CN(CC(=O)O)C(=O)N1CCN(C2CC2)CC1. The normalized spacial score (nSPS) is 19.7. The van der Waals surface area contributed by atoms with Gasteiger partial charge in [-0.3, -0.25) is 14.5 Å². The number of aliphatic carboxylic acids is 1. The van der Waals surface area contributed by atoms with Crippen LogP contribution in [0.2, 0.25) is 0 Å². The van der Waals surface area contributed by atoms with Crippen molar-refractivity contribution in [3.63, 3.8) is 0 Å². The molecule has 8 nitrogen and oxygen atoms in total. The number of rotatable bonds is 5. The van der Waals surface area contributed by atoms with Crippen LogP contribution in [0, 0.1) is 0 Å². The minimum Gasteiger partial charge on any atom is -0.480 e. The van der Waals surface area contributed by atoms with Crippen LogP contribution in [0.3, 0.4) is 0 Å². The van der Waals surface area contributed by atoms with Gasteiger partial charge in [0.1, 0.15) is 13.1 Å². The summed E-state index contributed by atoms with van der Waals surface area (Å²) < 4.78 is 0. The van der Waals surface area contributed by atoms with Crippen LogP contribution in [0.5, 0.6) is 0 Å². The van der Waals surface area contributed by atoms with Crippen LogP contribution in [-0.4, -0.2) is 83.0 Å². The summed E-state index contributed by atoms with van der Waals surface area (Å²) in [5, 5.41) is 8.79. The number of carbonyl (C=O) groups excluding carboxylic acids is 2. The Morgan fingerprint density at radius 3 is 2.15 bits per heavy atom. The molecule has 0 aromatic carbocycles. The van der Waals surface area contributed by atoms with E-state index in [1.807, 2.05) is 0 Å². The molecule has 0 aromatic heterocycles. The molecule has 0 unspecified atom stereocenters. The first kappa shape index (κ1) is 14.6. The lowest BCUT2D eigenvalue weighted by Gasteiger charge is -2.37. The second kappa shape index (κ2) is 6.08. The molecule has 2 fully saturated rings. The average Bonchev–Trinajstić information content (AvgIpc) is 3.20. The number of primary amides is 1. The molecule has 0 radical (unpaired) electrons. The van der Waals surface area contributed by atoms with Gasteiger partial charge >= 0.3 is 12.0 Å². The summed E-state index contributed by atoms with van der Waals surface area (Å²) >= 11 is 0. The van der Waals surface area contributed by atoms with E-state index < -0.39 is 24.5 Å². The van der Waals surface area contributed by atoms with E-state index in [9.17, 15) is 14.4 Å². The summed E-state index contributed by atoms with van der Waals surface area (Å²) in [5.74, 6) is -1.87. The van der Waals surface area contributed by atoms with E-state index in [1.165, 1.54) is 12.8 Å². The van der Waals surface area contributed by atoms with Crippen molar-refractivity contribution >= 4 is 17.9 Å². The Morgan fingerprint density at radius 2 is 1.70 bits per heavy atom. The highest BCUT2D eigenvalue weighted by Gasteiger charge is 2.33. The van der Waals surface area contributed by atoms with E-state index in [-0.39, 0.29) is 6.54 Å². The summed E-state index contributed by atoms with van der Waals surface area (Å²) in [4.78, 5) is 38.8. The van der Waals surface area contributed by atoms with Gasteiger partial charge in [-0.15, -0.1) is 0 Å². The first-order chi connectivity index (χ1) is 9.47. The van der Waals surface area contributed by atoms with Gasteiger partial charge in [0.25, 0.3) is 0 Å². The second-order valence-corrected chi connectivity index (χ2v) is 5.25. The number of nitrogens with zero attached hydrogens (tertiary/aromatic N) is 3. The topological polar surface area (TPSA) is 107 Å². The third kappa shape index (κ3) is 3.83. The molecule has 0 spiro atoms. The van der Waals surface area contributed by atoms with E-state index in [4.69, 9.17) is 10.8 Å². The number of carboxylic acid groups (broad SMARTS) is 1. The Morgan fingerprint density at radius 1 is 1.10 bits per heavy atom. The van der Waals surface area contributed by atoms with Gasteiger partial charge in [-0.2, -0.15) is 0 Å². The van der Waals surface area contributed by atoms with Gasteiger partial charge in [0.05, 0.1) is 0 Å². The minimum atomic E-state index is -1.16. The highest BCUT2D eigenvalue weighted by Crippen LogP contribution is 2.27. The number of carboxylic acids is 1. The van der Waals surface area contributed by atoms with Gasteiger partial charge in [-0.05, 0) is 12.8 Å². The quantitative estimate of drug-likeness (QED) is 0.656. The molecular formula is C12H20N4O4. The Balaban J connectivity index is 1.89. The zero-order valence-corrected chi connectivity index (χ0v) is 11.3. The fourth-order valence-electron chi connectivity index (χ4n) is 2.46. The van der Waals surface area contributed by atoms with Crippen molar-refractivity contribution in [3.05, 3.63) is 0 Å². The number of amides is 3. The van der Waals surface area contributed by atoms with Crippen LogP contribution in [0.4, 0.5) is 4.79 Å². The average molecular weight is 284 g/mol. The zero-order chi connectivity index (χ0) is 14.7. The minimum absolute atomic E-state index is 0.367. The van der Waals surface area contributed by atoms with Gasteiger partial charge in [0.15, 0.2) is 0 Å². The van der Waals surface area contributed by atoms with E-state index in [0.717, 1.165) is 18.0 Å². The van der Waals surface area contributed by atoms with Crippen LogP contribution in [0.15, 0.2) is 0 Å². The summed E-state index contributed by atoms with van der Waals surface area (Å²) in [6, 6.07) is 0.231. The van der Waals surface area contributed by atoms with E-state index in [1.54, 1.807) is 4.90 Å². The molecule has 1 saturated heterocycles. The lowest BCUT2D eigenvalue weighted by atomic mass is 10.3. The monoisotopic (exact) mass is 284 g/mol. The second-order valence-electron chi connectivity index (χ2n) is 5.25. The van der Waals surface area contributed by atoms with Crippen molar-refractivity contribution < 1.29 is 19.5 Å². The lowest BCUT2D eigenvalue weighted by Crippen LogP contribution is -2.55. The van der Waals surface area contributed by atoms with Crippen molar-refractivity contribution in [2.24, 2.45) is 5.73 Å². The number of carbonyl (C=O) groups is 3. The molecule has 0 bridgehead atoms. The van der Waals surface area contributed by atoms with Crippen molar-refractivity contribution in [2.45, 2.75) is 18.9 Å². The zero-order valence-electron chi connectivity index (χ0n) is 11.3. The predicted molar refractivity (Wildman–Crippen MR) is 70.0 cm³/mol. The predicted octanol–water partition coefficient (Wildman–Crippen LogP) is -1.24. The summed E-state index contributed by atoms with van der Waals surface area (Å²) in [7, 11) is 0.